The molecular formula is C17H25Cl3IN3O2S. The SMILES string of the molecule is CN=C(NCCOc1c(Cl)cc(Cl)cc1Cl)NCC1(SC)CCOCC1.I. The lowest BCUT2D eigenvalue weighted by Crippen LogP contribution is -2.48. The molecule has 1 aromatic carbocycles. The van der Waals surface area contributed by atoms with Gasteiger partial charge < -0.3 is 20.1 Å². The van der Waals surface area contributed by atoms with E-state index in [2.05, 4.69) is 21.9 Å². The molecule has 1 fully saturated rings. The van der Waals surface area contributed by atoms with Crippen molar-refractivity contribution in [2.45, 2.75) is 17.6 Å². The highest BCUT2D eigenvalue weighted by Crippen LogP contribution is 2.35. The van der Waals surface area contributed by atoms with Gasteiger partial charge >= 0.3 is 0 Å². The summed E-state index contributed by atoms with van der Waals surface area (Å²) in [4.78, 5) is 4.26. The van der Waals surface area contributed by atoms with Gasteiger partial charge in [-0.05, 0) is 31.2 Å². The molecule has 0 aliphatic carbocycles. The van der Waals surface area contributed by atoms with Crippen LogP contribution < -0.4 is 15.4 Å². The molecule has 0 aromatic heterocycles. The zero-order chi connectivity index (χ0) is 19.0. The van der Waals surface area contributed by atoms with E-state index in [1.807, 2.05) is 11.8 Å². The molecule has 1 saturated heterocycles. The first-order valence-corrected chi connectivity index (χ1v) is 10.7. The quantitative estimate of drug-likeness (QED) is 0.216. The Bertz CT molecular complexity index is 608. The molecule has 5 nitrogen and oxygen atoms in total. The minimum Gasteiger partial charge on any atom is -0.489 e. The summed E-state index contributed by atoms with van der Waals surface area (Å²) in [6.07, 6.45) is 4.22. The van der Waals surface area contributed by atoms with Crippen LogP contribution >= 0.6 is 70.5 Å². The van der Waals surface area contributed by atoms with Gasteiger partial charge in [0.05, 0.1) is 16.6 Å². The Kier molecular flexibility index (Phi) is 11.9. The fraction of sp³-hybridized carbons (Fsp3) is 0.588. The number of ether oxygens (including phenoxy) is 2. The van der Waals surface area contributed by atoms with Gasteiger partial charge in [0.2, 0.25) is 0 Å². The molecule has 0 saturated carbocycles. The van der Waals surface area contributed by atoms with Gasteiger partial charge in [-0.25, -0.2) is 0 Å². The monoisotopic (exact) mass is 567 g/mol. The molecule has 2 rings (SSSR count). The third-order valence-electron chi connectivity index (χ3n) is 4.24. The second-order valence-corrected chi connectivity index (χ2v) is 8.42. The van der Waals surface area contributed by atoms with Crippen molar-refractivity contribution >= 4 is 76.5 Å². The van der Waals surface area contributed by atoms with Crippen LogP contribution in [-0.4, -0.2) is 56.9 Å². The predicted octanol–water partition coefficient (Wildman–Crippen LogP) is 4.72. The second-order valence-electron chi connectivity index (χ2n) is 5.90. The predicted molar refractivity (Wildman–Crippen MR) is 128 cm³/mol. The summed E-state index contributed by atoms with van der Waals surface area (Å²) >= 11 is 20.0. The van der Waals surface area contributed by atoms with Gasteiger partial charge in [-0.15, -0.1) is 24.0 Å². The van der Waals surface area contributed by atoms with Gasteiger partial charge in [0.1, 0.15) is 6.61 Å². The number of nitrogens with zero attached hydrogens (tertiary/aromatic N) is 1. The Morgan fingerprint density at radius 3 is 2.41 bits per heavy atom. The summed E-state index contributed by atoms with van der Waals surface area (Å²) < 4.78 is 11.3. The molecule has 27 heavy (non-hydrogen) atoms. The molecule has 154 valence electrons. The molecule has 1 aromatic rings. The smallest absolute Gasteiger partial charge is 0.191 e. The number of aliphatic imine (C=N–C) groups is 1. The van der Waals surface area contributed by atoms with Crippen LogP contribution in [0.1, 0.15) is 12.8 Å². The molecule has 0 atom stereocenters. The van der Waals surface area contributed by atoms with Crippen molar-refractivity contribution in [3.63, 3.8) is 0 Å². The number of hydrogen-bond acceptors (Lipinski definition) is 4. The number of rotatable bonds is 7. The number of hydrogen-bond donors (Lipinski definition) is 2. The minimum absolute atomic E-state index is 0. The summed E-state index contributed by atoms with van der Waals surface area (Å²) in [6.45, 7) is 3.41. The first kappa shape index (κ1) is 25.2. The van der Waals surface area contributed by atoms with E-state index >= 15 is 0 Å². The average Bonchev–Trinajstić information content (AvgIpc) is 2.63. The molecule has 0 amide bonds. The average molecular weight is 569 g/mol. The van der Waals surface area contributed by atoms with Crippen molar-refractivity contribution in [1.82, 2.24) is 10.6 Å². The first-order chi connectivity index (χ1) is 12.5. The number of guanidine groups is 1. The zero-order valence-corrected chi connectivity index (χ0v) is 20.7. The number of nitrogens with one attached hydrogen (secondary N) is 2. The highest BCUT2D eigenvalue weighted by atomic mass is 127. The maximum Gasteiger partial charge on any atom is 0.191 e. The van der Waals surface area contributed by atoms with Gasteiger partial charge in [0.25, 0.3) is 0 Å². The molecule has 1 heterocycles. The van der Waals surface area contributed by atoms with Crippen LogP contribution in [-0.2, 0) is 4.74 Å². The third kappa shape index (κ3) is 7.85. The zero-order valence-electron chi connectivity index (χ0n) is 15.3. The highest BCUT2D eigenvalue weighted by Gasteiger charge is 2.31. The van der Waals surface area contributed by atoms with E-state index in [-0.39, 0.29) is 28.7 Å². The number of halogens is 4. The summed E-state index contributed by atoms with van der Waals surface area (Å²) in [5.41, 5.74) is 0. The largest absolute Gasteiger partial charge is 0.489 e. The van der Waals surface area contributed by atoms with Crippen molar-refractivity contribution in [2.24, 2.45) is 4.99 Å². The topological polar surface area (TPSA) is 54.9 Å². The van der Waals surface area contributed by atoms with Crippen LogP contribution in [0, 0.1) is 0 Å². The van der Waals surface area contributed by atoms with Crippen molar-refractivity contribution in [3.05, 3.63) is 27.2 Å². The fourth-order valence-electron chi connectivity index (χ4n) is 2.65. The Morgan fingerprint density at radius 2 is 1.85 bits per heavy atom. The standard InChI is InChI=1S/C17H24Cl3N3O2S.HI/c1-21-16(23-11-17(26-2)3-6-24-7-4-17)22-5-8-25-15-13(19)9-12(18)10-14(15)20;/h9-10H,3-8,11H2,1-2H3,(H2,21,22,23);1H. The summed E-state index contributed by atoms with van der Waals surface area (Å²) in [6, 6.07) is 3.21. The Balaban J connectivity index is 0.00000364. The second kappa shape index (κ2) is 12.7. The lowest BCUT2D eigenvalue weighted by molar-refractivity contribution is 0.0783. The van der Waals surface area contributed by atoms with E-state index in [0.717, 1.165) is 38.6 Å². The molecule has 0 radical (unpaired) electrons. The Hall–Kier alpha value is 0.200. The van der Waals surface area contributed by atoms with Crippen LogP contribution in [0.15, 0.2) is 17.1 Å². The fourth-order valence-corrected chi connectivity index (χ4v) is 4.37. The normalized spacial score (nSPS) is 16.4. The highest BCUT2D eigenvalue weighted by molar-refractivity contribution is 14.0. The van der Waals surface area contributed by atoms with Gasteiger partial charge in [-0.1, -0.05) is 34.8 Å². The molecule has 1 aliphatic rings. The molecule has 0 spiro atoms. The summed E-state index contributed by atoms with van der Waals surface area (Å²) in [5.74, 6) is 1.17. The minimum atomic E-state index is 0. The molecule has 0 unspecified atom stereocenters. The number of thioether (sulfide) groups is 1. The van der Waals surface area contributed by atoms with Crippen molar-refractivity contribution in [3.8, 4) is 5.75 Å². The number of benzene rings is 1. The van der Waals surface area contributed by atoms with Crippen molar-refractivity contribution in [1.29, 1.82) is 0 Å². The Labute approximate surface area is 197 Å². The molecule has 1 aliphatic heterocycles. The van der Waals surface area contributed by atoms with Crippen LogP contribution in [0.25, 0.3) is 0 Å². The van der Waals surface area contributed by atoms with E-state index in [1.165, 1.54) is 0 Å². The van der Waals surface area contributed by atoms with Gasteiger partial charge in [0, 0.05) is 36.6 Å². The summed E-state index contributed by atoms with van der Waals surface area (Å²) in [5, 5.41) is 7.90. The molecule has 0 bridgehead atoms. The van der Waals surface area contributed by atoms with Crippen LogP contribution in [0.5, 0.6) is 5.75 Å². The van der Waals surface area contributed by atoms with E-state index < -0.39 is 0 Å². The van der Waals surface area contributed by atoms with E-state index in [4.69, 9.17) is 44.3 Å². The maximum atomic E-state index is 6.11. The van der Waals surface area contributed by atoms with Gasteiger partial charge in [-0.3, -0.25) is 4.99 Å². The Morgan fingerprint density at radius 1 is 1.22 bits per heavy atom. The maximum absolute atomic E-state index is 6.11. The van der Waals surface area contributed by atoms with E-state index in [9.17, 15) is 0 Å². The lowest BCUT2D eigenvalue weighted by atomic mass is 9.99. The van der Waals surface area contributed by atoms with Crippen molar-refractivity contribution in [2.75, 3.05) is 46.2 Å². The summed E-state index contributed by atoms with van der Waals surface area (Å²) in [7, 11) is 1.75. The molecular weight excluding hydrogens is 544 g/mol. The van der Waals surface area contributed by atoms with Crippen LogP contribution in [0.4, 0.5) is 0 Å². The van der Waals surface area contributed by atoms with Gasteiger partial charge in [-0.2, -0.15) is 11.8 Å². The van der Waals surface area contributed by atoms with Crippen LogP contribution in [0.2, 0.25) is 15.1 Å². The first-order valence-electron chi connectivity index (χ1n) is 8.34. The lowest BCUT2D eigenvalue weighted by Gasteiger charge is -2.36. The van der Waals surface area contributed by atoms with Gasteiger partial charge in [0.15, 0.2) is 11.7 Å². The van der Waals surface area contributed by atoms with Crippen LogP contribution in [0.3, 0.4) is 0 Å². The third-order valence-corrected chi connectivity index (χ3v) is 6.44. The van der Waals surface area contributed by atoms with Crippen molar-refractivity contribution < 1.29 is 9.47 Å². The molecule has 10 heteroatoms. The van der Waals surface area contributed by atoms with E-state index in [1.54, 1.807) is 19.2 Å². The molecule has 2 N–H and O–H groups in total. The van der Waals surface area contributed by atoms with E-state index in [0.29, 0.717) is 34.0 Å².